The molecule has 0 aromatic carbocycles. The average molecular weight is 471 g/mol. The molecule has 1 fully saturated rings. The molecule has 0 radical (unpaired) electrons. The third-order valence-electron chi connectivity index (χ3n) is 6.55. The Balaban J connectivity index is 1.60. The van der Waals surface area contributed by atoms with Gasteiger partial charge in [-0.25, -0.2) is 4.98 Å². The zero-order valence-electron chi connectivity index (χ0n) is 19.1. The Morgan fingerprint density at radius 2 is 2.00 bits per heavy atom. The van der Waals surface area contributed by atoms with Crippen LogP contribution in [0.2, 0.25) is 0 Å². The molecule has 32 heavy (non-hydrogen) atoms. The molecule has 0 unspecified atom stereocenters. The predicted octanol–water partition coefficient (Wildman–Crippen LogP) is 4.65. The van der Waals surface area contributed by atoms with Gasteiger partial charge in [0.2, 0.25) is 5.91 Å². The molecule has 8 heteroatoms. The fourth-order valence-electron chi connectivity index (χ4n) is 4.27. The summed E-state index contributed by atoms with van der Waals surface area (Å²) in [5.41, 5.74) is 1.71. The van der Waals surface area contributed by atoms with Crippen LogP contribution in [0.1, 0.15) is 48.7 Å². The Labute approximate surface area is 197 Å². The zero-order valence-corrected chi connectivity index (χ0v) is 20.8. The van der Waals surface area contributed by atoms with E-state index in [1.54, 1.807) is 10.8 Å². The number of nitrogens with zero attached hydrogens (tertiary/aromatic N) is 4. The number of hydrogen-bond acceptors (Lipinski definition) is 6. The molecule has 1 aliphatic carbocycles. The van der Waals surface area contributed by atoms with Crippen LogP contribution in [0, 0.1) is 19.8 Å². The van der Waals surface area contributed by atoms with Gasteiger partial charge in [-0.05, 0) is 63.1 Å². The van der Waals surface area contributed by atoms with Crippen LogP contribution in [0.15, 0.2) is 34.3 Å². The van der Waals surface area contributed by atoms with Crippen molar-refractivity contribution in [1.82, 2.24) is 19.4 Å². The summed E-state index contributed by atoms with van der Waals surface area (Å²) >= 11 is 2.89. The van der Waals surface area contributed by atoms with Crippen LogP contribution in [-0.4, -0.2) is 44.2 Å². The second-order valence-corrected chi connectivity index (χ2v) is 10.9. The molecule has 3 aromatic heterocycles. The van der Waals surface area contributed by atoms with Crippen molar-refractivity contribution in [3.8, 4) is 0 Å². The minimum absolute atomic E-state index is 0.0629. The Kier molecular flexibility index (Phi) is 7.00. The maximum atomic E-state index is 13.4. The quantitative estimate of drug-likeness (QED) is 0.388. The third-order valence-corrected chi connectivity index (χ3v) is 8.61. The molecule has 0 atom stereocenters. The van der Waals surface area contributed by atoms with Crippen molar-refractivity contribution >= 4 is 39.2 Å². The molecule has 3 aromatic rings. The second kappa shape index (κ2) is 9.75. The average Bonchev–Trinajstić information content (AvgIpc) is 3.08. The van der Waals surface area contributed by atoms with E-state index >= 15 is 0 Å². The van der Waals surface area contributed by atoms with Gasteiger partial charge in [0.15, 0.2) is 5.16 Å². The van der Waals surface area contributed by atoms with Crippen molar-refractivity contribution < 1.29 is 4.79 Å². The molecule has 4 rings (SSSR count). The van der Waals surface area contributed by atoms with Crippen LogP contribution in [0.4, 0.5) is 0 Å². The third kappa shape index (κ3) is 4.76. The number of hydrogen-bond donors (Lipinski definition) is 0. The van der Waals surface area contributed by atoms with Crippen LogP contribution in [0.5, 0.6) is 0 Å². The Hall–Kier alpha value is -2.19. The fraction of sp³-hybridized carbons (Fsp3) is 0.500. The van der Waals surface area contributed by atoms with Crippen molar-refractivity contribution in [2.75, 3.05) is 12.8 Å². The molecule has 0 saturated heterocycles. The topological polar surface area (TPSA) is 68.1 Å². The summed E-state index contributed by atoms with van der Waals surface area (Å²) in [5, 5.41) is 1.25. The standard InChI is InChI=1S/C24H30N4O2S2/c1-15-8-10-19(11-9-15)27(4)20(29)14-31-24-26-22-21(16(2)17(3)32-22)23(30)28(24)13-18-7-5-6-12-25-18/h5-7,12,15,19H,8-11,13-14H2,1-4H3. The molecule has 0 N–H and O–H groups in total. The van der Waals surface area contributed by atoms with E-state index in [-0.39, 0.29) is 17.2 Å². The molecule has 6 nitrogen and oxygen atoms in total. The number of amides is 1. The van der Waals surface area contributed by atoms with Crippen LogP contribution in [0.3, 0.4) is 0 Å². The summed E-state index contributed by atoms with van der Waals surface area (Å²) in [6.45, 7) is 6.60. The lowest BCUT2D eigenvalue weighted by atomic mass is 9.87. The van der Waals surface area contributed by atoms with Crippen LogP contribution in [0.25, 0.3) is 10.2 Å². The minimum Gasteiger partial charge on any atom is -0.342 e. The first kappa shape index (κ1) is 23.0. The Bertz CT molecular complexity index is 1160. The number of carbonyl (C=O) groups excluding carboxylic acids is 1. The van der Waals surface area contributed by atoms with Crippen molar-refractivity contribution in [3.63, 3.8) is 0 Å². The molecule has 1 aliphatic rings. The normalized spacial score (nSPS) is 18.8. The lowest BCUT2D eigenvalue weighted by Crippen LogP contribution is -2.40. The number of fused-ring (bicyclic) bond motifs is 1. The first-order chi connectivity index (χ1) is 15.3. The monoisotopic (exact) mass is 470 g/mol. The van der Waals surface area contributed by atoms with Gasteiger partial charge in [0.1, 0.15) is 4.83 Å². The maximum absolute atomic E-state index is 13.4. The van der Waals surface area contributed by atoms with Crippen molar-refractivity contribution in [1.29, 1.82) is 0 Å². The number of rotatable bonds is 6. The summed E-state index contributed by atoms with van der Waals surface area (Å²) in [4.78, 5) is 39.3. The molecule has 170 valence electrons. The predicted molar refractivity (Wildman–Crippen MR) is 132 cm³/mol. The first-order valence-electron chi connectivity index (χ1n) is 11.1. The number of aryl methyl sites for hydroxylation is 2. The highest BCUT2D eigenvalue weighted by Gasteiger charge is 2.25. The van der Waals surface area contributed by atoms with Gasteiger partial charge in [0.25, 0.3) is 5.56 Å². The van der Waals surface area contributed by atoms with Gasteiger partial charge in [-0.15, -0.1) is 11.3 Å². The fourth-order valence-corrected chi connectivity index (χ4v) is 6.27. The summed E-state index contributed by atoms with van der Waals surface area (Å²) in [7, 11) is 1.91. The van der Waals surface area contributed by atoms with Crippen LogP contribution >= 0.6 is 23.1 Å². The zero-order chi connectivity index (χ0) is 22.8. The van der Waals surface area contributed by atoms with E-state index in [1.165, 1.54) is 35.9 Å². The number of aromatic nitrogens is 3. The Morgan fingerprint density at radius 3 is 2.69 bits per heavy atom. The number of thiophene rings is 1. The first-order valence-corrected chi connectivity index (χ1v) is 12.9. The van der Waals surface area contributed by atoms with E-state index in [2.05, 4.69) is 11.9 Å². The van der Waals surface area contributed by atoms with E-state index in [9.17, 15) is 9.59 Å². The van der Waals surface area contributed by atoms with Gasteiger partial charge in [0.05, 0.1) is 23.4 Å². The molecule has 3 heterocycles. The highest BCUT2D eigenvalue weighted by molar-refractivity contribution is 7.99. The van der Waals surface area contributed by atoms with Gasteiger partial charge in [-0.3, -0.25) is 19.1 Å². The molecule has 1 saturated carbocycles. The van der Waals surface area contributed by atoms with Crippen molar-refractivity contribution in [3.05, 3.63) is 50.9 Å². The highest BCUT2D eigenvalue weighted by Crippen LogP contribution is 2.30. The summed E-state index contributed by atoms with van der Waals surface area (Å²) in [5.74, 6) is 1.11. The lowest BCUT2D eigenvalue weighted by molar-refractivity contribution is -0.129. The molecule has 0 aliphatic heterocycles. The van der Waals surface area contributed by atoms with Crippen LogP contribution in [-0.2, 0) is 11.3 Å². The largest absolute Gasteiger partial charge is 0.342 e. The Morgan fingerprint density at radius 1 is 1.25 bits per heavy atom. The van der Waals surface area contributed by atoms with E-state index in [0.29, 0.717) is 23.1 Å². The van der Waals surface area contributed by atoms with Gasteiger partial charge < -0.3 is 4.90 Å². The van der Waals surface area contributed by atoms with E-state index in [1.807, 2.05) is 44.0 Å². The molecular formula is C24H30N4O2S2. The smallest absolute Gasteiger partial charge is 0.263 e. The van der Waals surface area contributed by atoms with Crippen LogP contribution < -0.4 is 5.56 Å². The minimum atomic E-state index is -0.0629. The summed E-state index contributed by atoms with van der Waals surface area (Å²) in [6.07, 6.45) is 6.21. The second-order valence-electron chi connectivity index (χ2n) is 8.78. The summed E-state index contributed by atoms with van der Waals surface area (Å²) in [6, 6.07) is 5.99. The van der Waals surface area contributed by atoms with Gasteiger partial charge in [0, 0.05) is 24.2 Å². The summed E-state index contributed by atoms with van der Waals surface area (Å²) < 4.78 is 1.67. The molecule has 0 spiro atoms. The van der Waals surface area contributed by atoms with E-state index in [0.717, 1.165) is 39.7 Å². The number of carbonyl (C=O) groups is 1. The SMILES string of the molecule is Cc1sc2nc(SCC(=O)N(C)C3CCC(C)CC3)n(Cc3ccccn3)c(=O)c2c1C. The van der Waals surface area contributed by atoms with Crippen molar-refractivity contribution in [2.45, 2.75) is 64.2 Å². The van der Waals surface area contributed by atoms with Gasteiger partial charge in [-0.2, -0.15) is 0 Å². The molecule has 0 bridgehead atoms. The maximum Gasteiger partial charge on any atom is 0.263 e. The van der Waals surface area contributed by atoms with E-state index in [4.69, 9.17) is 4.98 Å². The van der Waals surface area contributed by atoms with E-state index < -0.39 is 0 Å². The van der Waals surface area contributed by atoms with Gasteiger partial charge in [-0.1, -0.05) is 24.8 Å². The number of thioether (sulfide) groups is 1. The number of pyridine rings is 1. The lowest BCUT2D eigenvalue weighted by Gasteiger charge is -2.33. The van der Waals surface area contributed by atoms with Gasteiger partial charge >= 0.3 is 0 Å². The molecular weight excluding hydrogens is 440 g/mol. The molecule has 1 amide bonds. The van der Waals surface area contributed by atoms with Crippen molar-refractivity contribution in [2.24, 2.45) is 5.92 Å². The highest BCUT2D eigenvalue weighted by atomic mass is 32.2.